The van der Waals surface area contributed by atoms with Crippen LogP contribution in [-0.4, -0.2) is 52.9 Å². The first-order valence-corrected chi connectivity index (χ1v) is 4.94. The first kappa shape index (κ1) is 11.8. The molecule has 0 saturated carbocycles. The van der Waals surface area contributed by atoms with E-state index in [0.717, 1.165) is 6.42 Å². The maximum absolute atomic E-state index is 11.4. The minimum Gasteiger partial charge on any atom is -0.479 e. The molecular formula is C9H16N2O4. The lowest BCUT2D eigenvalue weighted by Crippen LogP contribution is -2.43. The lowest BCUT2D eigenvalue weighted by molar-refractivity contribution is -0.146. The van der Waals surface area contributed by atoms with Crippen LogP contribution in [0.2, 0.25) is 0 Å². The van der Waals surface area contributed by atoms with Crippen LogP contribution in [0.25, 0.3) is 0 Å². The summed E-state index contributed by atoms with van der Waals surface area (Å²) in [5.74, 6) is -0.842. The van der Waals surface area contributed by atoms with E-state index in [2.05, 4.69) is 12.2 Å². The lowest BCUT2D eigenvalue weighted by atomic mass is 10.2. The summed E-state index contributed by atoms with van der Waals surface area (Å²) < 4.78 is 0. The van der Waals surface area contributed by atoms with Crippen LogP contribution < -0.4 is 5.32 Å². The Kier molecular flexibility index (Phi) is 3.90. The molecule has 1 rings (SSSR count). The number of hydrogen-bond donors (Lipinski definition) is 3. The van der Waals surface area contributed by atoms with Gasteiger partial charge in [-0.15, -0.1) is 0 Å². The average molecular weight is 216 g/mol. The summed E-state index contributed by atoms with van der Waals surface area (Å²) in [5.41, 5.74) is 0. The van der Waals surface area contributed by atoms with Crippen LogP contribution in [0.4, 0.5) is 4.79 Å². The topological polar surface area (TPSA) is 89.9 Å². The predicted octanol–water partition coefficient (Wildman–Crippen LogP) is -0.517. The van der Waals surface area contributed by atoms with Gasteiger partial charge in [0.05, 0.1) is 6.54 Å². The van der Waals surface area contributed by atoms with E-state index in [-0.39, 0.29) is 12.6 Å². The minimum absolute atomic E-state index is 0.251. The molecule has 1 aliphatic rings. The van der Waals surface area contributed by atoms with Gasteiger partial charge in [-0.2, -0.15) is 0 Å². The molecule has 1 heterocycles. The van der Waals surface area contributed by atoms with E-state index in [0.29, 0.717) is 19.0 Å². The van der Waals surface area contributed by atoms with E-state index in [9.17, 15) is 9.59 Å². The Morgan fingerprint density at radius 2 is 2.27 bits per heavy atom. The number of rotatable bonds is 3. The fraction of sp³-hybridized carbons (Fsp3) is 0.778. The van der Waals surface area contributed by atoms with Gasteiger partial charge in [-0.3, -0.25) is 0 Å². The molecule has 1 unspecified atom stereocenters. The number of carbonyl (C=O) groups excluding carboxylic acids is 1. The molecule has 0 spiro atoms. The zero-order valence-electron chi connectivity index (χ0n) is 8.64. The molecular weight excluding hydrogens is 200 g/mol. The van der Waals surface area contributed by atoms with Crippen LogP contribution >= 0.6 is 0 Å². The molecule has 1 fully saturated rings. The van der Waals surface area contributed by atoms with Crippen LogP contribution in [0.1, 0.15) is 13.3 Å². The van der Waals surface area contributed by atoms with Crippen molar-refractivity contribution in [1.29, 1.82) is 0 Å². The first-order valence-electron chi connectivity index (χ1n) is 4.94. The van der Waals surface area contributed by atoms with Crippen molar-refractivity contribution in [2.75, 3.05) is 19.6 Å². The van der Waals surface area contributed by atoms with Crippen LogP contribution in [0.5, 0.6) is 0 Å². The zero-order valence-corrected chi connectivity index (χ0v) is 8.64. The summed E-state index contributed by atoms with van der Waals surface area (Å²) in [6.07, 6.45) is -0.566. The molecule has 2 atom stereocenters. The van der Waals surface area contributed by atoms with Gasteiger partial charge >= 0.3 is 12.0 Å². The van der Waals surface area contributed by atoms with E-state index in [4.69, 9.17) is 10.2 Å². The summed E-state index contributed by atoms with van der Waals surface area (Å²) in [6, 6.07) is -0.306. The molecule has 0 aliphatic carbocycles. The van der Waals surface area contributed by atoms with Gasteiger partial charge in [0.25, 0.3) is 0 Å². The molecule has 6 nitrogen and oxygen atoms in total. The van der Waals surface area contributed by atoms with Gasteiger partial charge in [-0.05, 0) is 12.3 Å². The standard InChI is InChI=1S/C9H16N2O4/c1-6-2-3-11(5-6)9(15)10-4-7(12)8(13)14/h6-7,12H,2-5H2,1H3,(H,10,15)(H,13,14)/t6?,7-/m0/s1. The van der Waals surface area contributed by atoms with Gasteiger partial charge in [-0.1, -0.05) is 6.92 Å². The Labute approximate surface area is 87.9 Å². The smallest absolute Gasteiger partial charge is 0.334 e. The number of aliphatic carboxylic acids is 1. The van der Waals surface area contributed by atoms with Crippen LogP contribution in [0.15, 0.2) is 0 Å². The number of hydrogen-bond acceptors (Lipinski definition) is 3. The number of aliphatic hydroxyl groups is 1. The number of nitrogens with one attached hydrogen (secondary N) is 1. The highest BCUT2D eigenvalue weighted by atomic mass is 16.4. The van der Waals surface area contributed by atoms with Crippen molar-refractivity contribution >= 4 is 12.0 Å². The number of nitrogens with zero attached hydrogens (tertiary/aromatic N) is 1. The van der Waals surface area contributed by atoms with Crippen LogP contribution in [0.3, 0.4) is 0 Å². The van der Waals surface area contributed by atoms with Gasteiger partial charge in [0.15, 0.2) is 6.10 Å². The summed E-state index contributed by atoms with van der Waals surface area (Å²) in [6.45, 7) is 3.18. The highest BCUT2D eigenvalue weighted by Crippen LogP contribution is 2.14. The molecule has 0 aromatic carbocycles. The number of aliphatic hydroxyl groups excluding tert-OH is 1. The Morgan fingerprint density at radius 1 is 1.60 bits per heavy atom. The third kappa shape index (κ3) is 3.39. The third-order valence-electron chi connectivity index (χ3n) is 2.44. The Morgan fingerprint density at radius 3 is 2.73 bits per heavy atom. The zero-order chi connectivity index (χ0) is 11.4. The fourth-order valence-electron chi connectivity index (χ4n) is 1.50. The molecule has 1 saturated heterocycles. The highest BCUT2D eigenvalue weighted by molar-refractivity contribution is 5.77. The van der Waals surface area contributed by atoms with E-state index in [1.807, 2.05) is 0 Å². The second-order valence-corrected chi connectivity index (χ2v) is 3.88. The van der Waals surface area contributed by atoms with E-state index in [1.54, 1.807) is 4.90 Å². The fourth-order valence-corrected chi connectivity index (χ4v) is 1.50. The summed E-state index contributed by atoms with van der Waals surface area (Å²) >= 11 is 0. The van der Waals surface area contributed by atoms with Gasteiger partial charge in [0.2, 0.25) is 0 Å². The van der Waals surface area contributed by atoms with Crippen molar-refractivity contribution in [3.63, 3.8) is 0 Å². The second kappa shape index (κ2) is 4.97. The molecule has 6 heteroatoms. The molecule has 0 bridgehead atoms. The molecule has 0 aromatic heterocycles. The molecule has 0 radical (unpaired) electrons. The number of carboxylic acids is 1. The first-order chi connectivity index (χ1) is 7.00. The summed E-state index contributed by atoms with van der Waals surface area (Å²) in [7, 11) is 0. The normalized spacial score (nSPS) is 22.5. The van der Waals surface area contributed by atoms with Gasteiger partial charge in [-0.25, -0.2) is 9.59 Å². The number of likely N-dealkylation sites (tertiary alicyclic amines) is 1. The van der Waals surface area contributed by atoms with Crippen molar-refractivity contribution in [2.24, 2.45) is 5.92 Å². The van der Waals surface area contributed by atoms with Crippen molar-refractivity contribution < 1.29 is 19.8 Å². The minimum atomic E-state index is -1.53. The summed E-state index contributed by atoms with van der Waals surface area (Å²) in [4.78, 5) is 23.3. The largest absolute Gasteiger partial charge is 0.479 e. The van der Waals surface area contributed by atoms with Crippen molar-refractivity contribution in [2.45, 2.75) is 19.4 Å². The van der Waals surface area contributed by atoms with Crippen molar-refractivity contribution in [3.8, 4) is 0 Å². The third-order valence-corrected chi connectivity index (χ3v) is 2.44. The number of amides is 2. The lowest BCUT2D eigenvalue weighted by Gasteiger charge is -2.17. The van der Waals surface area contributed by atoms with Crippen molar-refractivity contribution in [1.82, 2.24) is 10.2 Å². The van der Waals surface area contributed by atoms with E-state index in [1.165, 1.54) is 0 Å². The second-order valence-electron chi connectivity index (χ2n) is 3.88. The maximum atomic E-state index is 11.4. The number of carbonyl (C=O) groups is 2. The number of urea groups is 1. The van der Waals surface area contributed by atoms with Crippen molar-refractivity contribution in [3.05, 3.63) is 0 Å². The van der Waals surface area contributed by atoms with Crippen LogP contribution in [-0.2, 0) is 4.79 Å². The highest BCUT2D eigenvalue weighted by Gasteiger charge is 2.24. The Bertz CT molecular complexity index is 256. The van der Waals surface area contributed by atoms with Gasteiger partial charge in [0, 0.05) is 13.1 Å². The SMILES string of the molecule is CC1CCN(C(=O)NC[C@H](O)C(=O)O)C1. The molecule has 0 aromatic rings. The quantitative estimate of drug-likeness (QED) is 0.592. The molecule has 1 aliphatic heterocycles. The molecule has 2 amide bonds. The molecule has 86 valence electrons. The average Bonchev–Trinajstić information content (AvgIpc) is 2.60. The van der Waals surface area contributed by atoms with Crippen LogP contribution in [0, 0.1) is 5.92 Å². The molecule has 3 N–H and O–H groups in total. The number of carboxylic acid groups (broad SMARTS) is 1. The molecule has 15 heavy (non-hydrogen) atoms. The maximum Gasteiger partial charge on any atom is 0.334 e. The van der Waals surface area contributed by atoms with E-state index < -0.39 is 12.1 Å². The predicted molar refractivity (Wildman–Crippen MR) is 52.4 cm³/mol. The monoisotopic (exact) mass is 216 g/mol. The summed E-state index contributed by atoms with van der Waals surface area (Å²) in [5, 5.41) is 19.7. The van der Waals surface area contributed by atoms with Gasteiger partial charge in [0.1, 0.15) is 0 Å². The Hall–Kier alpha value is -1.30. The Balaban J connectivity index is 2.27. The van der Waals surface area contributed by atoms with E-state index >= 15 is 0 Å². The van der Waals surface area contributed by atoms with Gasteiger partial charge < -0.3 is 20.4 Å².